The average molecular weight is 622 g/mol. The SMILES string of the molecule is CC1COc2ccccc2N1C(=O)C(Cl)Cl.CCOC(=O)[C@@H](C)Oc1ccc(Oc2nc3ccc(Cl)cc3o2)cc1. The van der Waals surface area contributed by atoms with Crippen molar-refractivity contribution in [3.8, 4) is 23.3 Å². The number of alkyl halides is 2. The van der Waals surface area contributed by atoms with Crippen molar-refractivity contribution in [1.29, 1.82) is 0 Å². The second-order valence-electron chi connectivity index (χ2n) is 8.81. The Kier molecular flexibility index (Phi) is 10.2. The summed E-state index contributed by atoms with van der Waals surface area (Å²) in [5.74, 6) is 1.01. The van der Waals surface area contributed by atoms with E-state index in [4.69, 9.17) is 58.2 Å². The predicted octanol–water partition coefficient (Wildman–Crippen LogP) is 7.21. The number of benzene rings is 3. The number of nitrogens with zero attached hydrogens (tertiary/aromatic N) is 2. The minimum atomic E-state index is -1.05. The first kappa shape index (κ1) is 30.3. The van der Waals surface area contributed by atoms with Crippen LogP contribution in [0.1, 0.15) is 20.8 Å². The van der Waals surface area contributed by atoms with Gasteiger partial charge in [0.25, 0.3) is 5.91 Å². The Hall–Kier alpha value is -3.66. The monoisotopic (exact) mass is 620 g/mol. The second-order valence-corrected chi connectivity index (χ2v) is 10.3. The highest BCUT2D eigenvalue weighted by Crippen LogP contribution is 2.34. The average Bonchev–Trinajstić information content (AvgIpc) is 3.35. The Bertz CT molecular complexity index is 1490. The van der Waals surface area contributed by atoms with Gasteiger partial charge in [-0.2, -0.15) is 4.98 Å². The number of hydrogen-bond acceptors (Lipinski definition) is 8. The van der Waals surface area contributed by atoms with Crippen molar-refractivity contribution >= 4 is 63.5 Å². The molecule has 0 fully saturated rings. The molecule has 0 saturated carbocycles. The van der Waals surface area contributed by atoms with Crippen molar-refractivity contribution in [3.63, 3.8) is 0 Å². The van der Waals surface area contributed by atoms with E-state index in [1.165, 1.54) is 0 Å². The molecule has 12 heteroatoms. The van der Waals surface area contributed by atoms with Crippen molar-refractivity contribution < 1.29 is 33.0 Å². The van der Waals surface area contributed by atoms with Gasteiger partial charge in [-0.1, -0.05) is 46.9 Å². The topological polar surface area (TPSA) is 100 Å². The normalized spacial score (nSPS) is 14.8. The zero-order chi connectivity index (χ0) is 29.5. The van der Waals surface area contributed by atoms with Gasteiger partial charge < -0.3 is 28.3 Å². The number of halogens is 3. The van der Waals surface area contributed by atoms with E-state index >= 15 is 0 Å². The lowest BCUT2D eigenvalue weighted by Crippen LogP contribution is -2.47. The number of carbonyl (C=O) groups is 2. The van der Waals surface area contributed by atoms with Crippen LogP contribution in [0.3, 0.4) is 0 Å². The maximum Gasteiger partial charge on any atom is 0.400 e. The molecular weight excluding hydrogens is 595 g/mol. The Morgan fingerprint density at radius 1 is 1.07 bits per heavy atom. The predicted molar refractivity (Wildman–Crippen MR) is 157 cm³/mol. The van der Waals surface area contributed by atoms with Gasteiger partial charge >= 0.3 is 12.0 Å². The number of carbonyl (C=O) groups excluding carboxylic acids is 2. The lowest BCUT2D eigenvalue weighted by atomic mass is 10.1. The van der Waals surface area contributed by atoms with Gasteiger partial charge in [0.1, 0.15) is 29.4 Å². The van der Waals surface area contributed by atoms with E-state index in [1.54, 1.807) is 61.2 Å². The Morgan fingerprint density at radius 2 is 1.78 bits per heavy atom. The number of esters is 1. The summed E-state index contributed by atoms with van der Waals surface area (Å²) in [5, 5.41) is 0.562. The van der Waals surface area contributed by atoms with Gasteiger partial charge in [-0.15, -0.1) is 0 Å². The largest absolute Gasteiger partial charge is 0.489 e. The molecule has 1 aromatic heterocycles. The molecule has 0 N–H and O–H groups in total. The first-order valence-electron chi connectivity index (χ1n) is 12.7. The molecular formula is C29H27Cl3N2O7. The maximum atomic E-state index is 11.9. The summed E-state index contributed by atoms with van der Waals surface area (Å²) >= 11 is 17.2. The summed E-state index contributed by atoms with van der Waals surface area (Å²) in [7, 11) is 0. The van der Waals surface area contributed by atoms with Gasteiger partial charge in [0.15, 0.2) is 16.5 Å². The number of fused-ring (bicyclic) bond motifs is 2. The van der Waals surface area contributed by atoms with Gasteiger partial charge in [0.05, 0.1) is 18.3 Å². The molecule has 2 atom stereocenters. The van der Waals surface area contributed by atoms with E-state index in [1.807, 2.05) is 31.2 Å². The fourth-order valence-electron chi connectivity index (χ4n) is 3.86. The molecule has 1 amide bonds. The highest BCUT2D eigenvalue weighted by atomic mass is 35.5. The smallest absolute Gasteiger partial charge is 0.400 e. The lowest BCUT2D eigenvalue weighted by Gasteiger charge is -2.35. The van der Waals surface area contributed by atoms with Gasteiger partial charge in [-0.05, 0) is 69.3 Å². The van der Waals surface area contributed by atoms with Crippen molar-refractivity contribution in [2.75, 3.05) is 18.1 Å². The molecule has 3 aromatic carbocycles. The molecule has 0 aliphatic carbocycles. The van der Waals surface area contributed by atoms with Crippen LogP contribution in [0, 0.1) is 0 Å². The van der Waals surface area contributed by atoms with Gasteiger partial charge in [-0.25, -0.2) is 4.79 Å². The number of anilines is 1. The van der Waals surface area contributed by atoms with Crippen molar-refractivity contribution in [2.45, 2.75) is 37.8 Å². The number of amides is 1. The number of aromatic nitrogens is 1. The number of ether oxygens (including phenoxy) is 4. The molecule has 1 aliphatic rings. The molecule has 0 radical (unpaired) electrons. The van der Waals surface area contributed by atoms with E-state index in [0.717, 1.165) is 5.69 Å². The fourth-order valence-corrected chi connectivity index (χ4v) is 4.23. The van der Waals surface area contributed by atoms with Crippen LogP contribution in [-0.4, -0.2) is 47.1 Å². The standard InChI is InChI=1S/C18H16ClNO5.C11H11Cl2NO2/c1-3-22-17(21)11(2)23-13-5-7-14(8-6-13)24-18-20-15-9-4-12(19)10-16(15)25-18;1-7-6-16-9-5-3-2-4-8(9)14(7)11(15)10(12)13/h4-11H,3H2,1-2H3;2-5,7,10H,6H2,1H3/t11-;/m1./s1. The number of oxazole rings is 1. The highest BCUT2D eigenvalue weighted by Gasteiger charge is 2.32. The van der Waals surface area contributed by atoms with E-state index in [9.17, 15) is 9.59 Å². The van der Waals surface area contributed by atoms with Crippen LogP contribution in [0.2, 0.25) is 5.02 Å². The molecule has 0 bridgehead atoms. The Balaban J connectivity index is 0.000000208. The summed E-state index contributed by atoms with van der Waals surface area (Å²) in [5.41, 5.74) is 1.92. The number of hydrogen-bond donors (Lipinski definition) is 0. The van der Waals surface area contributed by atoms with Crippen molar-refractivity contribution in [1.82, 2.24) is 4.98 Å². The van der Waals surface area contributed by atoms with Crippen LogP contribution in [0.5, 0.6) is 23.3 Å². The van der Waals surface area contributed by atoms with E-state index < -0.39 is 16.9 Å². The van der Waals surface area contributed by atoms with E-state index in [2.05, 4.69) is 4.98 Å². The zero-order valence-corrected chi connectivity index (χ0v) is 24.7. The van der Waals surface area contributed by atoms with E-state index in [-0.39, 0.29) is 18.0 Å². The van der Waals surface area contributed by atoms with E-state index in [0.29, 0.717) is 46.6 Å². The molecule has 9 nitrogen and oxygen atoms in total. The molecule has 4 aromatic rings. The van der Waals surface area contributed by atoms with Gasteiger partial charge in [0, 0.05) is 11.1 Å². The number of para-hydroxylation sites is 2. The molecule has 5 rings (SSSR count). The Morgan fingerprint density at radius 3 is 2.49 bits per heavy atom. The molecule has 41 heavy (non-hydrogen) atoms. The third-order valence-corrected chi connectivity index (χ3v) is 6.37. The van der Waals surface area contributed by atoms with Crippen LogP contribution in [0.25, 0.3) is 11.1 Å². The molecule has 0 spiro atoms. The Labute approximate surface area is 251 Å². The first-order chi connectivity index (χ1) is 19.7. The minimum Gasteiger partial charge on any atom is -0.489 e. The van der Waals surface area contributed by atoms with Gasteiger partial charge in [-0.3, -0.25) is 4.79 Å². The highest BCUT2D eigenvalue weighted by molar-refractivity contribution is 6.54. The third kappa shape index (κ3) is 7.75. The minimum absolute atomic E-state index is 0.0672. The summed E-state index contributed by atoms with van der Waals surface area (Å²) in [6.45, 7) is 6.03. The summed E-state index contributed by atoms with van der Waals surface area (Å²) in [6, 6.07) is 19.2. The number of rotatable bonds is 7. The van der Waals surface area contributed by atoms with Crippen LogP contribution in [0.4, 0.5) is 5.69 Å². The van der Waals surface area contributed by atoms with Crippen LogP contribution < -0.4 is 19.1 Å². The van der Waals surface area contributed by atoms with Crippen molar-refractivity contribution in [2.24, 2.45) is 0 Å². The van der Waals surface area contributed by atoms with Gasteiger partial charge in [0.2, 0.25) is 0 Å². The molecule has 0 saturated heterocycles. The molecule has 1 unspecified atom stereocenters. The molecule has 1 aliphatic heterocycles. The maximum absolute atomic E-state index is 11.9. The first-order valence-corrected chi connectivity index (χ1v) is 13.9. The lowest BCUT2D eigenvalue weighted by molar-refractivity contribution is -0.150. The third-order valence-electron chi connectivity index (χ3n) is 5.76. The van der Waals surface area contributed by atoms with Crippen LogP contribution >= 0.6 is 34.8 Å². The summed E-state index contributed by atoms with van der Waals surface area (Å²) < 4.78 is 27.0. The fraction of sp³-hybridized carbons (Fsp3) is 0.276. The van der Waals surface area contributed by atoms with Crippen molar-refractivity contribution in [3.05, 3.63) is 71.8 Å². The summed E-state index contributed by atoms with van der Waals surface area (Å²) in [4.78, 5) is 28.2. The van der Waals surface area contributed by atoms with Crippen LogP contribution in [0.15, 0.2) is 71.1 Å². The zero-order valence-electron chi connectivity index (χ0n) is 22.4. The second kappa shape index (κ2) is 13.8. The molecule has 216 valence electrons. The quantitative estimate of drug-likeness (QED) is 0.158. The summed E-state index contributed by atoms with van der Waals surface area (Å²) in [6.07, 6.45) is -0.570. The molecule has 2 heterocycles. The van der Waals surface area contributed by atoms with Crippen LogP contribution in [-0.2, 0) is 14.3 Å².